The van der Waals surface area contributed by atoms with Crippen LogP contribution in [0.3, 0.4) is 0 Å². The van der Waals surface area contributed by atoms with E-state index in [2.05, 4.69) is 26.3 Å². The molecule has 1 N–H and O–H groups in total. The topological polar surface area (TPSA) is 38.6 Å². The van der Waals surface area contributed by atoms with E-state index in [4.69, 9.17) is 4.74 Å². The van der Waals surface area contributed by atoms with Gasteiger partial charge in [-0.3, -0.25) is 4.40 Å². The first kappa shape index (κ1) is 11.0. The van der Waals surface area contributed by atoms with Crippen LogP contribution in [0.2, 0.25) is 0 Å². The molecule has 0 radical (unpaired) electrons. The van der Waals surface area contributed by atoms with Crippen LogP contribution < -0.4 is 10.1 Å². The molecule has 0 spiro atoms. The summed E-state index contributed by atoms with van der Waals surface area (Å²) in [7, 11) is 1.68. The molecule has 1 aliphatic carbocycles. The summed E-state index contributed by atoms with van der Waals surface area (Å²) in [6.07, 6.45) is 6.21. The summed E-state index contributed by atoms with van der Waals surface area (Å²) in [5, 5.41) is 5.56. The van der Waals surface area contributed by atoms with E-state index in [1.54, 1.807) is 18.4 Å². The SMILES string of the molecule is COc1nc2sccn2c1CNCC1CCC1. The minimum atomic E-state index is 0.748. The maximum Gasteiger partial charge on any atom is 0.237 e. The van der Waals surface area contributed by atoms with Crippen LogP contribution in [0.5, 0.6) is 5.88 Å². The van der Waals surface area contributed by atoms with Gasteiger partial charge in [-0.15, -0.1) is 11.3 Å². The summed E-state index contributed by atoms with van der Waals surface area (Å²) in [6.45, 7) is 1.94. The Balaban J connectivity index is 1.70. The molecule has 3 rings (SSSR count). The van der Waals surface area contributed by atoms with Gasteiger partial charge in [-0.1, -0.05) is 6.42 Å². The van der Waals surface area contributed by atoms with Crippen molar-refractivity contribution >= 4 is 16.3 Å². The van der Waals surface area contributed by atoms with Gasteiger partial charge in [0, 0.05) is 18.1 Å². The fourth-order valence-corrected chi connectivity index (χ4v) is 2.95. The lowest BCUT2D eigenvalue weighted by atomic mass is 9.85. The number of fused-ring (bicyclic) bond motifs is 1. The average Bonchev–Trinajstić information content (AvgIpc) is 2.82. The van der Waals surface area contributed by atoms with E-state index in [9.17, 15) is 0 Å². The number of nitrogens with one attached hydrogen (secondary N) is 1. The van der Waals surface area contributed by atoms with Crippen LogP contribution in [0.15, 0.2) is 11.6 Å². The Morgan fingerprint density at radius 1 is 1.59 bits per heavy atom. The zero-order valence-electron chi connectivity index (χ0n) is 9.98. The third-order valence-electron chi connectivity index (χ3n) is 3.47. The highest BCUT2D eigenvalue weighted by molar-refractivity contribution is 7.15. The molecule has 1 fully saturated rings. The summed E-state index contributed by atoms with van der Waals surface area (Å²) >= 11 is 1.64. The minimum Gasteiger partial charge on any atom is -0.480 e. The second-order valence-corrected chi connectivity index (χ2v) is 5.42. The molecule has 0 bridgehead atoms. The smallest absolute Gasteiger partial charge is 0.237 e. The summed E-state index contributed by atoms with van der Waals surface area (Å²) in [4.78, 5) is 5.44. The Kier molecular flexibility index (Phi) is 3.03. The molecule has 1 saturated carbocycles. The van der Waals surface area contributed by atoms with Crippen LogP contribution in [0, 0.1) is 5.92 Å². The predicted octanol–water partition coefficient (Wildman–Crippen LogP) is 2.29. The van der Waals surface area contributed by atoms with E-state index >= 15 is 0 Å². The fraction of sp³-hybridized carbons (Fsp3) is 0.583. The van der Waals surface area contributed by atoms with Crippen molar-refractivity contribution < 1.29 is 4.74 Å². The van der Waals surface area contributed by atoms with Crippen LogP contribution in [0.4, 0.5) is 0 Å². The molecule has 1 aliphatic rings. The molecule has 0 aliphatic heterocycles. The van der Waals surface area contributed by atoms with Gasteiger partial charge in [0.2, 0.25) is 5.88 Å². The number of rotatable bonds is 5. The number of hydrogen-bond donors (Lipinski definition) is 1. The number of ether oxygens (including phenoxy) is 1. The van der Waals surface area contributed by atoms with Gasteiger partial charge in [0.25, 0.3) is 0 Å². The first-order valence-electron chi connectivity index (χ1n) is 6.07. The molecule has 4 nitrogen and oxygen atoms in total. The van der Waals surface area contributed by atoms with Gasteiger partial charge in [0.1, 0.15) is 5.69 Å². The third-order valence-corrected chi connectivity index (χ3v) is 4.22. The molecule has 17 heavy (non-hydrogen) atoms. The molecule has 0 unspecified atom stereocenters. The quantitative estimate of drug-likeness (QED) is 0.886. The normalized spacial score (nSPS) is 16.3. The maximum absolute atomic E-state index is 5.32. The Hall–Kier alpha value is -1.07. The Labute approximate surface area is 105 Å². The van der Waals surface area contributed by atoms with Crippen LogP contribution in [-0.2, 0) is 6.54 Å². The molecule has 0 saturated heterocycles. The van der Waals surface area contributed by atoms with Gasteiger partial charge in [-0.2, -0.15) is 4.98 Å². The maximum atomic E-state index is 5.32. The van der Waals surface area contributed by atoms with Crippen LogP contribution >= 0.6 is 11.3 Å². The standard InChI is InChI=1S/C12H17N3OS/c1-16-11-10(8-13-7-9-3-2-4-9)15-5-6-17-12(15)14-11/h5-6,9,13H,2-4,7-8H2,1H3. The molecule has 0 amide bonds. The molecular formula is C12H17N3OS. The number of nitrogens with zero attached hydrogens (tertiary/aromatic N) is 2. The van der Waals surface area contributed by atoms with Crippen molar-refractivity contribution in [2.24, 2.45) is 5.92 Å². The van der Waals surface area contributed by atoms with Crippen LogP contribution in [-0.4, -0.2) is 23.0 Å². The third kappa shape index (κ3) is 2.05. The molecule has 2 aromatic rings. The lowest BCUT2D eigenvalue weighted by Gasteiger charge is -2.25. The van der Waals surface area contributed by atoms with Gasteiger partial charge in [-0.25, -0.2) is 0 Å². The molecule has 0 atom stereocenters. The lowest BCUT2D eigenvalue weighted by molar-refractivity contribution is 0.299. The number of aromatic nitrogens is 2. The Morgan fingerprint density at radius 3 is 3.18 bits per heavy atom. The van der Waals surface area contributed by atoms with Crippen molar-refractivity contribution in [1.82, 2.24) is 14.7 Å². The highest BCUT2D eigenvalue weighted by atomic mass is 32.1. The van der Waals surface area contributed by atoms with E-state index in [1.165, 1.54) is 19.3 Å². The van der Waals surface area contributed by atoms with Crippen molar-refractivity contribution in [3.05, 3.63) is 17.3 Å². The molecule has 5 heteroatoms. The summed E-state index contributed by atoms with van der Waals surface area (Å²) < 4.78 is 7.43. The monoisotopic (exact) mass is 251 g/mol. The summed E-state index contributed by atoms with van der Waals surface area (Å²) in [5.74, 6) is 1.63. The number of imidazole rings is 1. The Morgan fingerprint density at radius 2 is 2.47 bits per heavy atom. The molecule has 2 aromatic heterocycles. The number of methoxy groups -OCH3 is 1. The molecule has 2 heterocycles. The first-order valence-corrected chi connectivity index (χ1v) is 6.95. The van der Waals surface area contributed by atoms with E-state index in [1.807, 2.05) is 0 Å². The zero-order chi connectivity index (χ0) is 11.7. The number of hydrogen-bond acceptors (Lipinski definition) is 4. The van der Waals surface area contributed by atoms with E-state index in [0.717, 1.165) is 35.5 Å². The second kappa shape index (κ2) is 4.66. The van der Waals surface area contributed by atoms with Crippen molar-refractivity contribution in [3.8, 4) is 5.88 Å². The lowest BCUT2D eigenvalue weighted by Crippen LogP contribution is -2.27. The zero-order valence-corrected chi connectivity index (χ0v) is 10.8. The van der Waals surface area contributed by atoms with Gasteiger partial charge >= 0.3 is 0 Å². The van der Waals surface area contributed by atoms with Crippen LogP contribution in [0.1, 0.15) is 25.0 Å². The minimum absolute atomic E-state index is 0.748. The highest BCUT2D eigenvalue weighted by Crippen LogP contribution is 2.26. The summed E-state index contributed by atoms with van der Waals surface area (Å²) in [6, 6.07) is 0. The van der Waals surface area contributed by atoms with Crippen LogP contribution in [0.25, 0.3) is 4.96 Å². The average molecular weight is 251 g/mol. The Bertz CT molecular complexity index is 501. The van der Waals surface area contributed by atoms with E-state index < -0.39 is 0 Å². The van der Waals surface area contributed by atoms with Crippen molar-refractivity contribution in [2.45, 2.75) is 25.8 Å². The van der Waals surface area contributed by atoms with Gasteiger partial charge in [-0.05, 0) is 25.3 Å². The van der Waals surface area contributed by atoms with Gasteiger partial charge in [0.15, 0.2) is 4.96 Å². The summed E-state index contributed by atoms with van der Waals surface area (Å²) in [5.41, 5.74) is 1.13. The second-order valence-electron chi connectivity index (χ2n) is 4.55. The highest BCUT2D eigenvalue weighted by Gasteiger charge is 2.18. The largest absolute Gasteiger partial charge is 0.480 e. The van der Waals surface area contributed by atoms with Gasteiger partial charge in [0.05, 0.1) is 7.11 Å². The van der Waals surface area contributed by atoms with Crippen molar-refractivity contribution in [1.29, 1.82) is 0 Å². The molecular weight excluding hydrogens is 234 g/mol. The number of thiazole rings is 1. The van der Waals surface area contributed by atoms with Crippen molar-refractivity contribution in [3.63, 3.8) is 0 Å². The van der Waals surface area contributed by atoms with E-state index in [0.29, 0.717) is 0 Å². The fourth-order valence-electron chi connectivity index (χ4n) is 2.23. The van der Waals surface area contributed by atoms with Gasteiger partial charge < -0.3 is 10.1 Å². The van der Waals surface area contributed by atoms with E-state index in [-0.39, 0.29) is 0 Å². The molecule has 0 aromatic carbocycles. The first-order chi connectivity index (χ1) is 8.38. The predicted molar refractivity (Wildman–Crippen MR) is 68.7 cm³/mol. The molecule has 92 valence electrons. The van der Waals surface area contributed by atoms with Crippen molar-refractivity contribution in [2.75, 3.05) is 13.7 Å².